The van der Waals surface area contributed by atoms with Gasteiger partial charge in [-0.3, -0.25) is 19.8 Å². The zero-order valence-electron chi connectivity index (χ0n) is 16.6. The number of carbonyl (C=O) groups excluding carboxylic acids is 2. The summed E-state index contributed by atoms with van der Waals surface area (Å²) in [6.07, 6.45) is 8.94. The first-order valence-electron chi connectivity index (χ1n) is 9.40. The molecule has 1 N–H and O–H groups in total. The van der Waals surface area contributed by atoms with E-state index in [1.54, 1.807) is 6.08 Å². The molecular formula is C24H19N3O2S. The summed E-state index contributed by atoms with van der Waals surface area (Å²) in [6.45, 7) is 4.29. The predicted octanol–water partition coefficient (Wildman–Crippen LogP) is 3.72. The number of nitrogens with one attached hydrogen (secondary N) is 1. The van der Waals surface area contributed by atoms with Gasteiger partial charge in [-0.25, -0.2) is 0 Å². The van der Waals surface area contributed by atoms with Crippen LogP contribution in [0.15, 0.2) is 54.2 Å². The Morgan fingerprint density at radius 1 is 1.13 bits per heavy atom. The molecule has 1 aromatic heterocycles. The van der Waals surface area contributed by atoms with Gasteiger partial charge < -0.3 is 4.57 Å². The van der Waals surface area contributed by atoms with Crippen molar-refractivity contribution >= 4 is 51.8 Å². The lowest BCUT2D eigenvalue weighted by Crippen LogP contribution is -2.54. The molecule has 3 aromatic rings. The Labute approximate surface area is 180 Å². The van der Waals surface area contributed by atoms with Crippen LogP contribution in [0.1, 0.15) is 16.7 Å². The number of anilines is 1. The molecule has 0 unspecified atom stereocenters. The fourth-order valence-electron chi connectivity index (χ4n) is 3.75. The Bertz CT molecular complexity index is 1270. The van der Waals surface area contributed by atoms with Crippen molar-refractivity contribution in [1.82, 2.24) is 9.88 Å². The maximum Gasteiger partial charge on any atom is 0.270 e. The second-order valence-corrected chi connectivity index (χ2v) is 7.62. The van der Waals surface area contributed by atoms with E-state index >= 15 is 0 Å². The van der Waals surface area contributed by atoms with Crippen molar-refractivity contribution in [3.63, 3.8) is 0 Å². The van der Waals surface area contributed by atoms with Gasteiger partial charge in [0.1, 0.15) is 5.57 Å². The molecular weight excluding hydrogens is 394 g/mol. The minimum Gasteiger partial charge on any atom is -0.335 e. The highest BCUT2D eigenvalue weighted by Gasteiger charge is 2.34. The number of carbonyl (C=O) groups is 2. The van der Waals surface area contributed by atoms with Crippen LogP contribution in [0.5, 0.6) is 0 Å². The van der Waals surface area contributed by atoms with Crippen LogP contribution in [0, 0.1) is 26.2 Å². The first-order chi connectivity index (χ1) is 14.4. The molecule has 1 saturated heterocycles. The zero-order valence-corrected chi connectivity index (χ0v) is 17.4. The highest BCUT2D eigenvalue weighted by Crippen LogP contribution is 2.27. The highest BCUT2D eigenvalue weighted by molar-refractivity contribution is 7.80. The molecule has 1 fully saturated rings. The lowest BCUT2D eigenvalue weighted by Gasteiger charge is -2.29. The second-order valence-electron chi connectivity index (χ2n) is 7.24. The number of benzene rings is 2. The van der Waals surface area contributed by atoms with Gasteiger partial charge in [-0.1, -0.05) is 30.2 Å². The molecule has 2 heterocycles. The smallest absolute Gasteiger partial charge is 0.270 e. The largest absolute Gasteiger partial charge is 0.335 e. The van der Waals surface area contributed by atoms with E-state index in [1.807, 2.05) is 67.1 Å². The number of hydrogen-bond donors (Lipinski definition) is 1. The topological polar surface area (TPSA) is 54.3 Å². The molecule has 5 nitrogen and oxygen atoms in total. The summed E-state index contributed by atoms with van der Waals surface area (Å²) < 4.78 is 1.92. The zero-order chi connectivity index (χ0) is 21.4. The van der Waals surface area contributed by atoms with Crippen molar-refractivity contribution in [2.45, 2.75) is 20.4 Å². The molecule has 6 heteroatoms. The van der Waals surface area contributed by atoms with Crippen molar-refractivity contribution in [1.29, 1.82) is 0 Å². The van der Waals surface area contributed by atoms with Crippen LogP contribution in [0.2, 0.25) is 0 Å². The fourth-order valence-corrected chi connectivity index (χ4v) is 4.03. The summed E-state index contributed by atoms with van der Waals surface area (Å²) in [4.78, 5) is 27.3. The molecule has 0 aliphatic carbocycles. The number of aryl methyl sites for hydroxylation is 2. The molecule has 1 aliphatic heterocycles. The Morgan fingerprint density at radius 2 is 1.83 bits per heavy atom. The lowest BCUT2D eigenvalue weighted by molar-refractivity contribution is -0.122. The van der Waals surface area contributed by atoms with E-state index < -0.39 is 11.8 Å². The van der Waals surface area contributed by atoms with E-state index in [0.717, 1.165) is 27.6 Å². The summed E-state index contributed by atoms with van der Waals surface area (Å²) in [5, 5.41) is 3.62. The van der Waals surface area contributed by atoms with Crippen molar-refractivity contribution in [3.05, 3.63) is 70.9 Å². The standard InChI is InChI=1S/C24H19N3O2S/c1-4-9-26-14-17(19-7-5-6-8-21(19)26)13-20-22(28)25-24(30)27(23(20)29)18-11-15(2)10-16(3)12-18/h1,5-8,10-14H,9H2,2-3H3,(H,25,28,30). The molecule has 2 aromatic carbocycles. The minimum atomic E-state index is -0.514. The molecule has 0 radical (unpaired) electrons. The first kappa shape index (κ1) is 19.6. The Balaban J connectivity index is 1.82. The molecule has 0 bridgehead atoms. The van der Waals surface area contributed by atoms with Crippen molar-refractivity contribution < 1.29 is 9.59 Å². The van der Waals surface area contributed by atoms with Gasteiger partial charge in [-0.05, 0) is 61.5 Å². The monoisotopic (exact) mass is 413 g/mol. The van der Waals surface area contributed by atoms with Gasteiger partial charge in [-0.2, -0.15) is 0 Å². The third-order valence-electron chi connectivity index (χ3n) is 4.95. The van der Waals surface area contributed by atoms with Gasteiger partial charge in [-0.15, -0.1) is 6.42 Å². The van der Waals surface area contributed by atoms with Gasteiger partial charge in [0.05, 0.1) is 12.2 Å². The molecule has 0 spiro atoms. The van der Waals surface area contributed by atoms with E-state index in [2.05, 4.69) is 11.2 Å². The molecule has 148 valence electrons. The number of thiocarbonyl (C=S) groups is 1. The summed E-state index contributed by atoms with van der Waals surface area (Å²) in [6, 6.07) is 13.5. The highest BCUT2D eigenvalue weighted by atomic mass is 32.1. The molecule has 0 atom stereocenters. The van der Waals surface area contributed by atoms with Crippen LogP contribution >= 0.6 is 12.2 Å². The molecule has 1 aliphatic rings. The number of nitrogens with zero attached hydrogens (tertiary/aromatic N) is 2. The third kappa shape index (κ3) is 3.40. The molecule has 2 amide bonds. The van der Waals surface area contributed by atoms with Gasteiger partial charge in [0.25, 0.3) is 11.8 Å². The van der Waals surface area contributed by atoms with Crippen LogP contribution < -0.4 is 10.2 Å². The minimum absolute atomic E-state index is 0.0198. The predicted molar refractivity (Wildman–Crippen MR) is 123 cm³/mol. The van der Waals surface area contributed by atoms with E-state index in [1.165, 1.54) is 4.90 Å². The van der Waals surface area contributed by atoms with Gasteiger partial charge >= 0.3 is 0 Å². The number of aromatic nitrogens is 1. The molecule has 30 heavy (non-hydrogen) atoms. The maximum absolute atomic E-state index is 13.3. The number of rotatable bonds is 3. The Kier molecular flexibility index (Phi) is 4.98. The fraction of sp³-hybridized carbons (Fsp3) is 0.125. The number of para-hydroxylation sites is 1. The van der Waals surface area contributed by atoms with Crippen molar-refractivity contribution in [2.24, 2.45) is 0 Å². The van der Waals surface area contributed by atoms with E-state index in [4.69, 9.17) is 18.6 Å². The van der Waals surface area contributed by atoms with Gasteiger partial charge in [0.15, 0.2) is 5.11 Å². The van der Waals surface area contributed by atoms with E-state index in [0.29, 0.717) is 12.2 Å². The normalized spacial score (nSPS) is 15.6. The third-order valence-corrected chi connectivity index (χ3v) is 5.23. The average molecular weight is 414 g/mol. The van der Waals surface area contributed by atoms with Crippen LogP contribution in [0.3, 0.4) is 0 Å². The first-order valence-corrected chi connectivity index (χ1v) is 9.81. The summed E-state index contributed by atoms with van der Waals surface area (Å²) in [5.41, 5.74) is 4.33. The summed E-state index contributed by atoms with van der Waals surface area (Å²) in [5.74, 6) is 1.66. The molecule has 0 saturated carbocycles. The maximum atomic E-state index is 13.3. The van der Waals surface area contributed by atoms with Crippen LogP contribution in [0.25, 0.3) is 17.0 Å². The van der Waals surface area contributed by atoms with E-state index in [-0.39, 0.29) is 10.7 Å². The van der Waals surface area contributed by atoms with E-state index in [9.17, 15) is 9.59 Å². The SMILES string of the molecule is C#CCn1cc(C=C2C(=O)NC(=S)N(c3cc(C)cc(C)c3)C2=O)c2ccccc21. The Hall–Kier alpha value is -3.69. The number of hydrogen-bond acceptors (Lipinski definition) is 3. The number of fused-ring (bicyclic) bond motifs is 1. The summed E-state index contributed by atoms with van der Waals surface area (Å²) >= 11 is 5.30. The van der Waals surface area contributed by atoms with Crippen LogP contribution in [-0.2, 0) is 16.1 Å². The summed E-state index contributed by atoms with van der Waals surface area (Å²) in [7, 11) is 0. The average Bonchev–Trinajstić information content (AvgIpc) is 3.02. The quantitative estimate of drug-likeness (QED) is 0.308. The lowest BCUT2D eigenvalue weighted by atomic mass is 10.1. The van der Waals surface area contributed by atoms with Gasteiger partial charge in [0.2, 0.25) is 0 Å². The molecule has 4 rings (SSSR count). The van der Waals surface area contributed by atoms with Crippen molar-refractivity contribution in [2.75, 3.05) is 4.90 Å². The van der Waals surface area contributed by atoms with Crippen molar-refractivity contribution in [3.8, 4) is 12.3 Å². The van der Waals surface area contributed by atoms with Gasteiger partial charge in [0, 0.05) is 22.7 Å². The Morgan fingerprint density at radius 3 is 2.53 bits per heavy atom. The number of terminal acetylenes is 1. The number of amides is 2. The van der Waals surface area contributed by atoms with Crippen LogP contribution in [-0.4, -0.2) is 21.5 Å². The second kappa shape index (κ2) is 7.62. The van der Waals surface area contributed by atoms with Crippen LogP contribution in [0.4, 0.5) is 5.69 Å².